The van der Waals surface area contributed by atoms with E-state index in [4.69, 9.17) is 10.6 Å². The molecule has 0 aliphatic carbocycles. The Morgan fingerprint density at radius 1 is 1.35 bits per heavy atom. The minimum absolute atomic E-state index is 0.0271. The van der Waals surface area contributed by atoms with Crippen molar-refractivity contribution in [2.24, 2.45) is 12.9 Å². The summed E-state index contributed by atoms with van der Waals surface area (Å²) in [7, 11) is 3.63. The second-order valence-corrected chi connectivity index (χ2v) is 5.05. The molecule has 0 amide bonds. The molecule has 5 heteroatoms. The van der Waals surface area contributed by atoms with E-state index in [1.165, 1.54) is 0 Å². The molecule has 1 aromatic heterocycles. The van der Waals surface area contributed by atoms with Crippen LogP contribution in [0.4, 0.5) is 0 Å². The Morgan fingerprint density at radius 2 is 2.10 bits per heavy atom. The summed E-state index contributed by atoms with van der Waals surface area (Å²) in [4.78, 5) is 0. The predicted molar refractivity (Wildman–Crippen MR) is 79.4 cm³/mol. The molecule has 0 spiro atoms. The van der Waals surface area contributed by atoms with Crippen LogP contribution in [-0.2, 0) is 13.5 Å². The van der Waals surface area contributed by atoms with Gasteiger partial charge in [-0.2, -0.15) is 5.10 Å². The van der Waals surface area contributed by atoms with Crippen molar-refractivity contribution < 1.29 is 4.74 Å². The maximum Gasteiger partial charge on any atom is 0.122 e. The fourth-order valence-corrected chi connectivity index (χ4v) is 2.39. The van der Waals surface area contributed by atoms with Gasteiger partial charge in [-0.3, -0.25) is 16.0 Å². The summed E-state index contributed by atoms with van der Waals surface area (Å²) in [5.41, 5.74) is 7.25. The van der Waals surface area contributed by atoms with Crippen molar-refractivity contribution in [3.05, 3.63) is 46.8 Å². The maximum atomic E-state index is 5.72. The number of hydrogen-bond acceptors (Lipinski definition) is 4. The average Bonchev–Trinajstić information content (AvgIpc) is 2.75. The molecule has 108 valence electrons. The highest BCUT2D eigenvalue weighted by molar-refractivity contribution is 5.38. The molecule has 1 heterocycles. The zero-order valence-corrected chi connectivity index (χ0v) is 12.5. The second kappa shape index (κ2) is 6.07. The predicted octanol–water partition coefficient (Wildman–Crippen LogP) is 1.79. The number of aromatic nitrogens is 2. The SMILES string of the molecule is COc1cc(C(Cc2cc(C)nn2C)NN)ccc1C. The molecule has 1 unspecified atom stereocenters. The minimum atomic E-state index is 0.0271. The third-order valence-corrected chi connectivity index (χ3v) is 3.55. The van der Waals surface area contributed by atoms with E-state index in [-0.39, 0.29) is 6.04 Å². The summed E-state index contributed by atoms with van der Waals surface area (Å²) in [6, 6.07) is 8.26. The van der Waals surface area contributed by atoms with Gasteiger partial charge in [-0.05, 0) is 37.1 Å². The number of benzene rings is 1. The number of methoxy groups -OCH3 is 1. The first-order valence-electron chi connectivity index (χ1n) is 6.65. The Hall–Kier alpha value is -1.85. The van der Waals surface area contributed by atoms with Crippen molar-refractivity contribution in [2.75, 3.05) is 7.11 Å². The molecule has 0 aliphatic rings. The summed E-state index contributed by atoms with van der Waals surface area (Å²) in [5, 5.41) is 4.36. The summed E-state index contributed by atoms with van der Waals surface area (Å²) >= 11 is 0. The quantitative estimate of drug-likeness (QED) is 0.644. The van der Waals surface area contributed by atoms with Gasteiger partial charge in [0.05, 0.1) is 18.8 Å². The van der Waals surface area contributed by atoms with E-state index in [1.807, 2.05) is 37.7 Å². The number of rotatable bonds is 5. The van der Waals surface area contributed by atoms with E-state index in [0.717, 1.165) is 34.7 Å². The molecule has 2 aromatic rings. The number of nitrogens with one attached hydrogen (secondary N) is 1. The fourth-order valence-electron chi connectivity index (χ4n) is 2.39. The number of aryl methyl sites for hydroxylation is 3. The van der Waals surface area contributed by atoms with Gasteiger partial charge in [0.1, 0.15) is 5.75 Å². The third-order valence-electron chi connectivity index (χ3n) is 3.55. The summed E-state index contributed by atoms with van der Waals surface area (Å²) < 4.78 is 7.27. The van der Waals surface area contributed by atoms with E-state index < -0.39 is 0 Å². The summed E-state index contributed by atoms with van der Waals surface area (Å²) in [5.74, 6) is 6.60. The van der Waals surface area contributed by atoms with Crippen LogP contribution in [0.5, 0.6) is 5.75 Å². The van der Waals surface area contributed by atoms with Crippen molar-refractivity contribution in [1.82, 2.24) is 15.2 Å². The van der Waals surface area contributed by atoms with Crippen molar-refractivity contribution >= 4 is 0 Å². The van der Waals surface area contributed by atoms with Crippen molar-refractivity contribution in [1.29, 1.82) is 0 Å². The number of ether oxygens (including phenoxy) is 1. The molecular weight excluding hydrogens is 252 g/mol. The van der Waals surface area contributed by atoms with Gasteiger partial charge < -0.3 is 4.74 Å². The van der Waals surface area contributed by atoms with E-state index in [2.05, 4.69) is 22.7 Å². The molecule has 0 bridgehead atoms. The average molecular weight is 274 g/mol. The molecule has 2 rings (SSSR count). The first kappa shape index (κ1) is 14.6. The van der Waals surface area contributed by atoms with Crippen LogP contribution >= 0.6 is 0 Å². The highest BCUT2D eigenvalue weighted by atomic mass is 16.5. The lowest BCUT2D eigenvalue weighted by atomic mass is 10.0. The number of nitrogens with two attached hydrogens (primary N) is 1. The Morgan fingerprint density at radius 3 is 2.65 bits per heavy atom. The first-order chi connectivity index (χ1) is 9.55. The topological polar surface area (TPSA) is 65.1 Å². The van der Waals surface area contributed by atoms with Crippen LogP contribution in [0.3, 0.4) is 0 Å². The zero-order valence-electron chi connectivity index (χ0n) is 12.5. The van der Waals surface area contributed by atoms with E-state index >= 15 is 0 Å². The lowest BCUT2D eigenvalue weighted by Crippen LogP contribution is -2.30. The van der Waals surface area contributed by atoms with Crippen LogP contribution < -0.4 is 16.0 Å². The molecule has 3 N–H and O–H groups in total. The van der Waals surface area contributed by atoms with E-state index in [0.29, 0.717) is 0 Å². The van der Waals surface area contributed by atoms with Crippen LogP contribution in [0, 0.1) is 13.8 Å². The zero-order chi connectivity index (χ0) is 14.7. The van der Waals surface area contributed by atoms with Gasteiger partial charge in [-0.15, -0.1) is 0 Å². The lowest BCUT2D eigenvalue weighted by molar-refractivity contribution is 0.409. The van der Waals surface area contributed by atoms with Crippen LogP contribution in [0.15, 0.2) is 24.3 Å². The van der Waals surface area contributed by atoms with Gasteiger partial charge in [0.25, 0.3) is 0 Å². The van der Waals surface area contributed by atoms with Gasteiger partial charge in [-0.25, -0.2) is 0 Å². The van der Waals surface area contributed by atoms with Crippen LogP contribution in [-0.4, -0.2) is 16.9 Å². The Bertz CT molecular complexity index is 592. The monoisotopic (exact) mass is 274 g/mol. The third kappa shape index (κ3) is 3.00. The molecule has 0 fully saturated rings. The number of nitrogens with zero attached hydrogens (tertiary/aromatic N) is 2. The first-order valence-corrected chi connectivity index (χ1v) is 6.65. The molecule has 5 nitrogen and oxygen atoms in total. The molecule has 0 radical (unpaired) electrons. The van der Waals surface area contributed by atoms with Crippen LogP contribution in [0.25, 0.3) is 0 Å². The fraction of sp³-hybridized carbons (Fsp3) is 0.400. The molecule has 20 heavy (non-hydrogen) atoms. The molecule has 0 saturated heterocycles. The minimum Gasteiger partial charge on any atom is -0.496 e. The second-order valence-electron chi connectivity index (χ2n) is 5.05. The molecule has 1 atom stereocenters. The van der Waals surface area contributed by atoms with E-state index in [9.17, 15) is 0 Å². The van der Waals surface area contributed by atoms with Gasteiger partial charge in [-0.1, -0.05) is 12.1 Å². The van der Waals surface area contributed by atoms with Gasteiger partial charge in [0.15, 0.2) is 0 Å². The molecule has 0 saturated carbocycles. The molecule has 0 aliphatic heterocycles. The highest BCUT2D eigenvalue weighted by Gasteiger charge is 2.15. The summed E-state index contributed by atoms with van der Waals surface area (Å²) in [6.45, 7) is 4.02. The van der Waals surface area contributed by atoms with Crippen molar-refractivity contribution in [3.8, 4) is 5.75 Å². The Kier molecular flexibility index (Phi) is 4.42. The van der Waals surface area contributed by atoms with Crippen LogP contribution in [0.2, 0.25) is 0 Å². The summed E-state index contributed by atoms with van der Waals surface area (Å²) in [6.07, 6.45) is 0.778. The Balaban J connectivity index is 2.26. The van der Waals surface area contributed by atoms with Crippen molar-refractivity contribution in [3.63, 3.8) is 0 Å². The van der Waals surface area contributed by atoms with E-state index in [1.54, 1.807) is 7.11 Å². The molecular formula is C15H22N4O. The smallest absolute Gasteiger partial charge is 0.122 e. The maximum absolute atomic E-state index is 5.72. The number of hydrazine groups is 1. The van der Waals surface area contributed by atoms with Gasteiger partial charge >= 0.3 is 0 Å². The van der Waals surface area contributed by atoms with Crippen LogP contribution in [0.1, 0.15) is 28.6 Å². The van der Waals surface area contributed by atoms with Gasteiger partial charge in [0.2, 0.25) is 0 Å². The van der Waals surface area contributed by atoms with Gasteiger partial charge in [0, 0.05) is 19.2 Å². The normalized spacial score (nSPS) is 12.4. The highest BCUT2D eigenvalue weighted by Crippen LogP contribution is 2.25. The lowest BCUT2D eigenvalue weighted by Gasteiger charge is -2.18. The van der Waals surface area contributed by atoms with Crippen molar-refractivity contribution in [2.45, 2.75) is 26.3 Å². The Labute approximate surface area is 119 Å². The largest absolute Gasteiger partial charge is 0.496 e. The standard InChI is InChI=1S/C15H22N4O/c1-10-5-6-12(8-15(10)20-4)14(17-16)9-13-7-11(2)18-19(13)3/h5-8,14,17H,9,16H2,1-4H3. The molecule has 1 aromatic carbocycles. The number of hydrogen-bond donors (Lipinski definition) is 2.